The molecule has 0 amide bonds. The van der Waals surface area contributed by atoms with Crippen LogP contribution in [0.1, 0.15) is 33.9 Å². The number of hydrogen-bond acceptors (Lipinski definition) is 2. The van der Waals surface area contributed by atoms with Gasteiger partial charge in [-0.15, -0.1) is 0 Å². The average Bonchev–Trinajstić information content (AvgIpc) is 2.79. The largest absolute Gasteiger partial charge is 0.384 e. The normalized spacial score (nSPS) is 11.3. The van der Waals surface area contributed by atoms with Gasteiger partial charge in [-0.2, -0.15) is 5.26 Å². The van der Waals surface area contributed by atoms with E-state index < -0.39 is 6.10 Å². The first-order valence-electron chi connectivity index (χ1n) is 9.47. The molecule has 0 aliphatic carbocycles. The molecule has 4 aromatic carbocycles. The maximum atomic E-state index is 10.7. The van der Waals surface area contributed by atoms with Gasteiger partial charge in [-0.25, -0.2) is 0 Å². The maximum Gasteiger partial charge on any atom is 0.104 e. The molecule has 1 unspecified atom stereocenters. The summed E-state index contributed by atoms with van der Waals surface area (Å²) in [5, 5.41) is 21.8. The van der Waals surface area contributed by atoms with E-state index in [0.717, 1.165) is 33.9 Å². The molecule has 1 atom stereocenters. The van der Waals surface area contributed by atoms with E-state index in [0.29, 0.717) is 5.56 Å². The van der Waals surface area contributed by atoms with Crippen molar-refractivity contribution in [3.63, 3.8) is 0 Å². The van der Waals surface area contributed by atoms with Crippen molar-refractivity contribution in [1.82, 2.24) is 0 Å². The van der Waals surface area contributed by atoms with Gasteiger partial charge in [0, 0.05) is 12.0 Å². The van der Waals surface area contributed by atoms with Crippen molar-refractivity contribution in [2.24, 2.45) is 0 Å². The standard InChI is InChI=1S/C27H19NO/c28-19-22-10-13-24(14-11-22)27(29)25-16-15-23-12-9-21(17-26(23)18-25)8-4-7-20-5-2-1-3-6-20/h1-3,5-6,9-18,27,29H,7H2. The van der Waals surface area contributed by atoms with Crippen LogP contribution in [-0.4, -0.2) is 5.11 Å². The highest BCUT2D eigenvalue weighted by atomic mass is 16.3. The minimum absolute atomic E-state index is 0.582. The lowest BCUT2D eigenvalue weighted by molar-refractivity contribution is 0.220. The van der Waals surface area contributed by atoms with Crippen molar-refractivity contribution in [2.75, 3.05) is 0 Å². The second-order valence-electron chi connectivity index (χ2n) is 6.92. The minimum atomic E-state index is -0.736. The summed E-state index contributed by atoms with van der Waals surface area (Å²) in [6, 6.07) is 31.4. The lowest BCUT2D eigenvalue weighted by Gasteiger charge is -2.12. The van der Waals surface area contributed by atoms with Gasteiger partial charge in [0.25, 0.3) is 0 Å². The molecule has 0 spiro atoms. The number of benzene rings is 4. The van der Waals surface area contributed by atoms with E-state index >= 15 is 0 Å². The predicted octanol–water partition coefficient (Wildman–Crippen LogP) is 5.39. The zero-order chi connectivity index (χ0) is 20.1. The first-order chi connectivity index (χ1) is 14.2. The van der Waals surface area contributed by atoms with Crippen molar-refractivity contribution < 1.29 is 5.11 Å². The third-order valence-corrected chi connectivity index (χ3v) is 4.90. The Labute approximate surface area is 170 Å². The van der Waals surface area contributed by atoms with Gasteiger partial charge >= 0.3 is 0 Å². The highest BCUT2D eigenvalue weighted by Crippen LogP contribution is 2.26. The van der Waals surface area contributed by atoms with Gasteiger partial charge in [-0.3, -0.25) is 0 Å². The molecule has 0 fully saturated rings. The van der Waals surface area contributed by atoms with Crippen LogP contribution in [0.5, 0.6) is 0 Å². The number of nitriles is 1. The third kappa shape index (κ3) is 4.36. The molecule has 0 aliphatic heterocycles. The second-order valence-corrected chi connectivity index (χ2v) is 6.92. The molecular formula is C27H19NO. The average molecular weight is 373 g/mol. The Kier molecular flexibility index (Phi) is 5.39. The smallest absolute Gasteiger partial charge is 0.104 e. The highest BCUT2D eigenvalue weighted by molar-refractivity contribution is 5.84. The summed E-state index contributed by atoms with van der Waals surface area (Å²) in [5.41, 5.74) is 4.32. The third-order valence-electron chi connectivity index (χ3n) is 4.90. The molecule has 0 aromatic heterocycles. The SMILES string of the molecule is N#Cc1ccc(C(O)c2ccc3ccc(C#CCc4ccccc4)cc3c2)cc1. The molecule has 29 heavy (non-hydrogen) atoms. The minimum Gasteiger partial charge on any atom is -0.384 e. The predicted molar refractivity (Wildman–Crippen MR) is 116 cm³/mol. The van der Waals surface area contributed by atoms with Crippen LogP contribution in [0.15, 0.2) is 91.0 Å². The molecule has 4 aromatic rings. The molecule has 0 heterocycles. The molecular weight excluding hydrogens is 354 g/mol. The number of aliphatic hydroxyl groups excluding tert-OH is 1. The summed E-state index contributed by atoms with van der Waals surface area (Å²) in [6.45, 7) is 0. The van der Waals surface area contributed by atoms with Gasteiger partial charge in [0.15, 0.2) is 0 Å². The van der Waals surface area contributed by atoms with E-state index in [1.54, 1.807) is 24.3 Å². The van der Waals surface area contributed by atoms with Crippen molar-refractivity contribution in [3.05, 3.63) is 119 Å². The molecule has 2 nitrogen and oxygen atoms in total. The van der Waals surface area contributed by atoms with Crippen molar-refractivity contribution in [3.8, 4) is 17.9 Å². The first kappa shape index (κ1) is 18.5. The molecule has 138 valence electrons. The molecule has 0 aliphatic rings. The summed E-state index contributed by atoms with van der Waals surface area (Å²) in [4.78, 5) is 0. The van der Waals surface area contributed by atoms with Gasteiger partial charge in [-0.05, 0) is 57.8 Å². The van der Waals surface area contributed by atoms with Crippen molar-refractivity contribution in [2.45, 2.75) is 12.5 Å². The Hall–Kier alpha value is -3.85. The fraction of sp³-hybridized carbons (Fsp3) is 0.0741. The second kappa shape index (κ2) is 8.44. The Bertz CT molecular complexity index is 1240. The van der Waals surface area contributed by atoms with Crippen LogP contribution in [0.2, 0.25) is 0 Å². The number of rotatable bonds is 3. The summed E-state index contributed by atoms with van der Waals surface area (Å²) >= 11 is 0. The fourth-order valence-corrected chi connectivity index (χ4v) is 3.29. The number of aliphatic hydroxyl groups is 1. The van der Waals surface area contributed by atoms with Crippen LogP contribution in [-0.2, 0) is 6.42 Å². The van der Waals surface area contributed by atoms with E-state index in [1.807, 2.05) is 42.5 Å². The topological polar surface area (TPSA) is 44.0 Å². The van der Waals surface area contributed by atoms with Crippen LogP contribution >= 0.6 is 0 Å². The van der Waals surface area contributed by atoms with Crippen molar-refractivity contribution >= 4 is 10.8 Å². The molecule has 2 heteroatoms. The fourth-order valence-electron chi connectivity index (χ4n) is 3.29. The van der Waals surface area contributed by atoms with E-state index in [2.05, 4.69) is 42.2 Å². The van der Waals surface area contributed by atoms with Crippen LogP contribution in [0.4, 0.5) is 0 Å². The van der Waals surface area contributed by atoms with Gasteiger partial charge in [-0.1, -0.05) is 72.5 Å². The zero-order valence-corrected chi connectivity index (χ0v) is 15.8. The summed E-state index contributed by atoms with van der Waals surface area (Å²) < 4.78 is 0. The number of nitrogens with zero attached hydrogens (tertiary/aromatic N) is 1. The van der Waals surface area contributed by atoms with Gasteiger partial charge in [0.2, 0.25) is 0 Å². The number of hydrogen-bond donors (Lipinski definition) is 1. The quantitative estimate of drug-likeness (QED) is 0.490. The van der Waals surface area contributed by atoms with E-state index in [9.17, 15) is 5.11 Å². The zero-order valence-electron chi connectivity index (χ0n) is 15.8. The Morgan fingerprint density at radius 1 is 0.724 bits per heavy atom. The van der Waals surface area contributed by atoms with E-state index in [-0.39, 0.29) is 0 Å². The van der Waals surface area contributed by atoms with Crippen LogP contribution in [0, 0.1) is 23.2 Å². The summed E-state index contributed by atoms with van der Waals surface area (Å²) in [5.74, 6) is 6.47. The Balaban J connectivity index is 1.59. The molecule has 0 radical (unpaired) electrons. The lowest BCUT2D eigenvalue weighted by atomic mass is 9.97. The highest BCUT2D eigenvalue weighted by Gasteiger charge is 2.11. The first-order valence-corrected chi connectivity index (χ1v) is 9.47. The monoisotopic (exact) mass is 373 g/mol. The summed E-state index contributed by atoms with van der Waals surface area (Å²) in [7, 11) is 0. The lowest BCUT2D eigenvalue weighted by Crippen LogP contribution is -1.99. The van der Waals surface area contributed by atoms with Crippen LogP contribution < -0.4 is 0 Å². The van der Waals surface area contributed by atoms with Crippen molar-refractivity contribution in [1.29, 1.82) is 5.26 Å². The van der Waals surface area contributed by atoms with Crippen LogP contribution in [0.25, 0.3) is 10.8 Å². The maximum absolute atomic E-state index is 10.7. The number of fused-ring (bicyclic) bond motifs is 1. The molecule has 0 bridgehead atoms. The Morgan fingerprint density at radius 2 is 1.41 bits per heavy atom. The Morgan fingerprint density at radius 3 is 2.17 bits per heavy atom. The van der Waals surface area contributed by atoms with E-state index in [1.165, 1.54) is 5.56 Å². The van der Waals surface area contributed by atoms with E-state index in [4.69, 9.17) is 5.26 Å². The molecule has 1 N–H and O–H groups in total. The van der Waals surface area contributed by atoms with Gasteiger partial charge < -0.3 is 5.11 Å². The molecule has 4 rings (SSSR count). The molecule has 0 saturated carbocycles. The van der Waals surface area contributed by atoms with Gasteiger partial charge in [0.1, 0.15) is 6.10 Å². The van der Waals surface area contributed by atoms with Crippen LogP contribution in [0.3, 0.4) is 0 Å². The molecule has 0 saturated heterocycles. The van der Waals surface area contributed by atoms with Gasteiger partial charge in [0.05, 0.1) is 11.6 Å². The summed E-state index contributed by atoms with van der Waals surface area (Å²) in [6.07, 6.45) is -0.0176.